The second-order valence-corrected chi connectivity index (χ2v) is 7.39. The van der Waals surface area contributed by atoms with Gasteiger partial charge < -0.3 is 14.5 Å². The van der Waals surface area contributed by atoms with Gasteiger partial charge >= 0.3 is 6.18 Å². The molecule has 2 aromatic rings. The van der Waals surface area contributed by atoms with Crippen LogP contribution in [0.15, 0.2) is 41.0 Å². The smallest absolute Gasteiger partial charge is 0.419 e. The molecule has 8 heteroatoms. The van der Waals surface area contributed by atoms with E-state index in [-0.39, 0.29) is 23.6 Å². The molecule has 150 valence electrons. The third-order valence-electron chi connectivity index (χ3n) is 5.71. The number of halogens is 3. The highest BCUT2D eigenvalue weighted by atomic mass is 19.4. The lowest BCUT2D eigenvalue weighted by Crippen LogP contribution is -2.62. The molecule has 5 nitrogen and oxygen atoms in total. The molecule has 3 fully saturated rings. The summed E-state index contributed by atoms with van der Waals surface area (Å²) < 4.78 is 47.9. The van der Waals surface area contributed by atoms with Crippen LogP contribution in [0.3, 0.4) is 0 Å². The summed E-state index contributed by atoms with van der Waals surface area (Å²) in [5.41, 5.74) is -0.434. The minimum atomic E-state index is -4.49. The average Bonchev–Trinajstić information content (AvgIpc) is 3.14. The van der Waals surface area contributed by atoms with Gasteiger partial charge in [-0.25, -0.2) is 0 Å². The molecule has 5 rings (SSSR count). The fraction of sp³-hybridized carbons (Fsp3) is 0.450. The van der Waals surface area contributed by atoms with Crippen LogP contribution in [0.5, 0.6) is 11.7 Å². The minimum Gasteiger partial charge on any atom is -0.433 e. The summed E-state index contributed by atoms with van der Waals surface area (Å²) in [6.45, 7) is 4.33. The number of benzene rings is 1. The Bertz CT molecular complexity index is 837. The third-order valence-corrected chi connectivity index (χ3v) is 5.71. The van der Waals surface area contributed by atoms with Gasteiger partial charge in [0.2, 0.25) is 0 Å². The number of hydrogen-bond acceptors (Lipinski definition) is 4. The molecule has 3 aliphatic heterocycles. The van der Waals surface area contributed by atoms with Crippen LogP contribution in [0.2, 0.25) is 0 Å². The maximum atomic E-state index is 12.6. The molecule has 4 heterocycles. The number of amides is 1. The molecule has 0 unspecified atom stereocenters. The standard InChI is InChI=1S/C20H21F3N2O3/c1-12-18(13-6-8-25(12)9-7-13)24-19(26)14-2-4-16(5-3-14)28-17-10-15(11-27-17)20(21,22)23/h2-5,10-13,18H,6-9H2,1H3,(H,24,26)/t12-,18-/m0/s1. The summed E-state index contributed by atoms with van der Waals surface area (Å²) >= 11 is 0. The predicted molar refractivity (Wildman–Crippen MR) is 95.2 cm³/mol. The second-order valence-electron chi connectivity index (χ2n) is 7.39. The Balaban J connectivity index is 1.39. The van der Waals surface area contributed by atoms with Gasteiger partial charge in [-0.05, 0) is 63.0 Å². The fourth-order valence-electron chi connectivity index (χ4n) is 4.09. The van der Waals surface area contributed by atoms with Gasteiger partial charge in [0.05, 0.1) is 5.56 Å². The van der Waals surface area contributed by atoms with Crippen LogP contribution in [0.1, 0.15) is 35.7 Å². The molecule has 2 bridgehead atoms. The Hall–Kier alpha value is -2.48. The van der Waals surface area contributed by atoms with Crippen molar-refractivity contribution in [1.29, 1.82) is 0 Å². The summed E-state index contributed by atoms with van der Waals surface area (Å²) in [6, 6.07) is 7.48. The van der Waals surface area contributed by atoms with Crippen LogP contribution in [-0.2, 0) is 6.18 Å². The Morgan fingerprint density at radius 3 is 2.46 bits per heavy atom. The van der Waals surface area contributed by atoms with Crippen LogP contribution in [-0.4, -0.2) is 36.0 Å². The molecule has 3 aliphatic rings. The molecule has 2 atom stereocenters. The first-order valence-corrected chi connectivity index (χ1v) is 9.30. The van der Waals surface area contributed by atoms with Crippen molar-refractivity contribution in [2.24, 2.45) is 5.92 Å². The number of alkyl halides is 3. The van der Waals surface area contributed by atoms with Gasteiger partial charge in [0.15, 0.2) is 0 Å². The number of rotatable bonds is 4. The number of fused-ring (bicyclic) bond motifs is 3. The van der Waals surface area contributed by atoms with Crippen LogP contribution < -0.4 is 10.1 Å². The van der Waals surface area contributed by atoms with Crippen LogP contribution >= 0.6 is 0 Å². The van der Waals surface area contributed by atoms with Gasteiger partial charge in [-0.2, -0.15) is 13.2 Å². The molecular formula is C20H21F3N2O3. The van der Waals surface area contributed by atoms with Crippen molar-refractivity contribution in [3.05, 3.63) is 47.7 Å². The zero-order valence-corrected chi connectivity index (χ0v) is 15.3. The van der Waals surface area contributed by atoms with Gasteiger partial charge in [-0.1, -0.05) is 0 Å². The van der Waals surface area contributed by atoms with Gasteiger partial charge in [-0.15, -0.1) is 0 Å². The Labute approximate surface area is 160 Å². The zero-order chi connectivity index (χ0) is 19.9. The number of nitrogens with zero attached hydrogens (tertiary/aromatic N) is 1. The van der Waals surface area contributed by atoms with Crippen LogP contribution in [0.25, 0.3) is 0 Å². The van der Waals surface area contributed by atoms with Crippen molar-refractivity contribution in [1.82, 2.24) is 10.2 Å². The van der Waals surface area contributed by atoms with Crippen molar-refractivity contribution >= 4 is 5.91 Å². The van der Waals surface area contributed by atoms with Gasteiger partial charge in [0.1, 0.15) is 12.0 Å². The van der Waals surface area contributed by atoms with Crippen molar-refractivity contribution in [2.45, 2.75) is 38.0 Å². The van der Waals surface area contributed by atoms with E-state index in [4.69, 9.17) is 9.15 Å². The van der Waals surface area contributed by atoms with Crippen molar-refractivity contribution in [3.63, 3.8) is 0 Å². The number of furan rings is 1. The SMILES string of the molecule is C[C@H]1[C@H](NC(=O)c2ccc(Oc3cc(C(F)(F)F)co3)cc2)C2CCN1CC2. The van der Waals surface area contributed by atoms with Gasteiger partial charge in [-0.3, -0.25) is 9.69 Å². The second kappa shape index (κ2) is 7.16. The summed E-state index contributed by atoms with van der Waals surface area (Å²) in [5, 5.41) is 3.14. The topological polar surface area (TPSA) is 54.7 Å². The van der Waals surface area contributed by atoms with Gasteiger partial charge in [0, 0.05) is 23.7 Å². The number of carbonyl (C=O) groups excluding carboxylic acids is 1. The quantitative estimate of drug-likeness (QED) is 0.840. The van der Waals surface area contributed by atoms with E-state index in [9.17, 15) is 18.0 Å². The Morgan fingerprint density at radius 1 is 1.21 bits per heavy atom. The number of hydrogen-bond donors (Lipinski definition) is 1. The number of nitrogens with one attached hydrogen (secondary N) is 1. The molecule has 28 heavy (non-hydrogen) atoms. The molecule has 1 N–H and O–H groups in total. The lowest BCUT2D eigenvalue weighted by Gasteiger charge is -2.49. The lowest BCUT2D eigenvalue weighted by atomic mass is 9.79. The van der Waals surface area contributed by atoms with E-state index in [0.717, 1.165) is 32.0 Å². The third kappa shape index (κ3) is 3.73. The normalized spacial score (nSPS) is 26.9. The fourth-order valence-corrected chi connectivity index (χ4v) is 4.09. The lowest BCUT2D eigenvalue weighted by molar-refractivity contribution is -0.137. The molecule has 0 radical (unpaired) electrons. The van der Waals surface area contributed by atoms with E-state index in [0.29, 0.717) is 23.8 Å². The number of carbonyl (C=O) groups is 1. The van der Waals surface area contributed by atoms with E-state index in [2.05, 4.69) is 17.1 Å². The number of piperidine rings is 3. The highest BCUT2D eigenvalue weighted by Gasteiger charge is 2.40. The van der Waals surface area contributed by atoms with Crippen molar-refractivity contribution < 1.29 is 27.1 Å². The summed E-state index contributed by atoms with van der Waals surface area (Å²) in [7, 11) is 0. The first-order valence-electron chi connectivity index (χ1n) is 9.30. The van der Waals surface area contributed by atoms with Crippen molar-refractivity contribution in [2.75, 3.05) is 13.1 Å². The van der Waals surface area contributed by atoms with Crippen LogP contribution in [0, 0.1) is 5.92 Å². The monoisotopic (exact) mass is 394 g/mol. The minimum absolute atomic E-state index is 0.134. The molecule has 3 saturated heterocycles. The summed E-state index contributed by atoms with van der Waals surface area (Å²) in [4.78, 5) is 15.0. The predicted octanol–water partition coefficient (Wildman–Crippen LogP) is 4.30. The summed E-state index contributed by atoms with van der Waals surface area (Å²) in [6.07, 6.45) is -1.68. The molecule has 0 aliphatic carbocycles. The molecule has 1 aromatic heterocycles. The average molecular weight is 394 g/mol. The Morgan fingerprint density at radius 2 is 1.89 bits per heavy atom. The first kappa shape index (κ1) is 18.9. The zero-order valence-electron chi connectivity index (χ0n) is 15.3. The highest BCUT2D eigenvalue weighted by molar-refractivity contribution is 5.94. The maximum absolute atomic E-state index is 12.6. The summed E-state index contributed by atoms with van der Waals surface area (Å²) in [5.74, 6) is 0.379. The van der Waals surface area contributed by atoms with Crippen molar-refractivity contribution in [3.8, 4) is 11.7 Å². The Kier molecular flexibility index (Phi) is 4.82. The van der Waals surface area contributed by atoms with Crippen LogP contribution in [0.4, 0.5) is 13.2 Å². The van der Waals surface area contributed by atoms with E-state index in [1.54, 1.807) is 12.1 Å². The van der Waals surface area contributed by atoms with E-state index >= 15 is 0 Å². The van der Waals surface area contributed by atoms with Gasteiger partial charge in [0.25, 0.3) is 11.9 Å². The molecule has 1 amide bonds. The molecule has 1 aromatic carbocycles. The maximum Gasteiger partial charge on any atom is 0.419 e. The largest absolute Gasteiger partial charge is 0.433 e. The molecular weight excluding hydrogens is 373 g/mol. The molecule has 0 spiro atoms. The van der Waals surface area contributed by atoms with E-state index < -0.39 is 11.7 Å². The number of ether oxygens (including phenoxy) is 1. The first-order chi connectivity index (χ1) is 13.3. The highest BCUT2D eigenvalue weighted by Crippen LogP contribution is 2.35. The van der Waals surface area contributed by atoms with E-state index in [1.165, 1.54) is 12.1 Å². The molecule has 0 saturated carbocycles. The van der Waals surface area contributed by atoms with E-state index in [1.807, 2.05) is 0 Å².